The Balaban J connectivity index is 1.28. The third-order valence-electron chi connectivity index (χ3n) is 6.63. The Labute approximate surface area is 162 Å². The number of piperidine rings is 2. The summed E-state index contributed by atoms with van der Waals surface area (Å²) in [5.74, 6) is 1.90. The first-order valence-corrected chi connectivity index (χ1v) is 10.5. The molecule has 2 aliphatic rings. The van der Waals surface area contributed by atoms with E-state index in [-0.39, 0.29) is 5.91 Å². The molecule has 1 aromatic carbocycles. The lowest BCUT2D eigenvalue weighted by Gasteiger charge is -2.44. The molecule has 1 N–H and O–H groups in total. The third kappa shape index (κ3) is 4.03. The fraction of sp³-hybridized carbons (Fsp3) is 0.636. The van der Waals surface area contributed by atoms with E-state index in [0.717, 1.165) is 34.9 Å². The van der Waals surface area contributed by atoms with Crippen LogP contribution in [0.3, 0.4) is 0 Å². The summed E-state index contributed by atoms with van der Waals surface area (Å²) in [4.78, 5) is 19.7. The molecule has 0 bridgehead atoms. The molecule has 27 heavy (non-hydrogen) atoms. The Hall–Kier alpha value is -1.88. The van der Waals surface area contributed by atoms with Crippen molar-refractivity contribution in [2.24, 2.45) is 13.0 Å². The van der Waals surface area contributed by atoms with Crippen LogP contribution in [0.15, 0.2) is 18.2 Å². The number of nitrogens with zero attached hydrogens (tertiary/aromatic N) is 3. The maximum Gasteiger partial charge on any atom is 0.220 e. The molecule has 2 aromatic rings. The van der Waals surface area contributed by atoms with Crippen molar-refractivity contribution in [3.63, 3.8) is 0 Å². The number of nitrogens with one attached hydrogen (secondary N) is 1. The standard InChI is InChI=1S/C22H32N4O/c1-16-24-19-14-17(8-10-21(19)25(16)2)15-23-22(27)11-9-18-6-5-13-26-12-4-3-7-20(18)26/h8,10,14,18,20H,3-7,9,11-13,15H2,1-2H3,(H,23,27)/t18-,20+/m0/s1. The second-order valence-corrected chi connectivity index (χ2v) is 8.36. The molecular weight excluding hydrogens is 336 g/mol. The van der Waals surface area contributed by atoms with Gasteiger partial charge in [0, 0.05) is 26.1 Å². The molecule has 1 aromatic heterocycles. The quantitative estimate of drug-likeness (QED) is 0.878. The molecule has 0 unspecified atom stereocenters. The van der Waals surface area contributed by atoms with Crippen LogP contribution < -0.4 is 5.32 Å². The van der Waals surface area contributed by atoms with Gasteiger partial charge >= 0.3 is 0 Å². The van der Waals surface area contributed by atoms with E-state index in [4.69, 9.17) is 0 Å². The summed E-state index contributed by atoms with van der Waals surface area (Å²) >= 11 is 0. The molecule has 2 atom stereocenters. The van der Waals surface area contributed by atoms with Gasteiger partial charge in [0.1, 0.15) is 5.82 Å². The van der Waals surface area contributed by atoms with E-state index >= 15 is 0 Å². The molecule has 3 heterocycles. The van der Waals surface area contributed by atoms with Crippen LogP contribution in [-0.2, 0) is 18.4 Å². The third-order valence-corrected chi connectivity index (χ3v) is 6.63. The largest absolute Gasteiger partial charge is 0.352 e. The molecule has 2 fully saturated rings. The molecule has 4 rings (SSSR count). The summed E-state index contributed by atoms with van der Waals surface area (Å²) in [6, 6.07) is 7.00. The fourth-order valence-electron chi connectivity index (χ4n) is 5.00. The van der Waals surface area contributed by atoms with Crippen molar-refractivity contribution in [1.82, 2.24) is 19.8 Å². The lowest BCUT2D eigenvalue weighted by molar-refractivity contribution is -0.121. The van der Waals surface area contributed by atoms with E-state index in [1.165, 1.54) is 45.2 Å². The summed E-state index contributed by atoms with van der Waals surface area (Å²) in [6.45, 7) is 5.14. The average Bonchev–Trinajstić information content (AvgIpc) is 2.98. The van der Waals surface area contributed by atoms with E-state index in [0.29, 0.717) is 18.9 Å². The number of imidazole rings is 1. The van der Waals surface area contributed by atoms with E-state index in [1.54, 1.807) is 0 Å². The Morgan fingerprint density at radius 2 is 2.07 bits per heavy atom. The first-order valence-electron chi connectivity index (χ1n) is 10.5. The van der Waals surface area contributed by atoms with Gasteiger partial charge in [0.15, 0.2) is 0 Å². The Bertz CT molecular complexity index is 810. The molecule has 0 radical (unpaired) electrons. The zero-order valence-corrected chi connectivity index (χ0v) is 16.7. The number of aryl methyl sites for hydroxylation is 2. The van der Waals surface area contributed by atoms with Crippen LogP contribution in [0.2, 0.25) is 0 Å². The highest BCUT2D eigenvalue weighted by Crippen LogP contribution is 2.33. The van der Waals surface area contributed by atoms with Crippen LogP contribution in [-0.4, -0.2) is 39.5 Å². The van der Waals surface area contributed by atoms with Crippen LogP contribution >= 0.6 is 0 Å². The molecule has 2 saturated heterocycles. The number of fused-ring (bicyclic) bond motifs is 2. The number of aromatic nitrogens is 2. The minimum Gasteiger partial charge on any atom is -0.352 e. The summed E-state index contributed by atoms with van der Waals surface area (Å²) in [6.07, 6.45) is 8.32. The van der Waals surface area contributed by atoms with E-state index < -0.39 is 0 Å². The molecule has 5 nitrogen and oxygen atoms in total. The normalized spacial score (nSPS) is 23.3. The highest BCUT2D eigenvalue weighted by molar-refractivity contribution is 5.78. The molecule has 0 aliphatic carbocycles. The number of hydrogen-bond acceptors (Lipinski definition) is 3. The van der Waals surface area contributed by atoms with Gasteiger partial charge in [-0.25, -0.2) is 4.98 Å². The Kier molecular flexibility index (Phi) is 5.48. The van der Waals surface area contributed by atoms with E-state index in [1.807, 2.05) is 14.0 Å². The molecule has 5 heteroatoms. The molecular formula is C22H32N4O. The number of hydrogen-bond donors (Lipinski definition) is 1. The monoisotopic (exact) mass is 368 g/mol. The van der Waals surface area contributed by atoms with Crippen molar-refractivity contribution in [3.05, 3.63) is 29.6 Å². The van der Waals surface area contributed by atoms with Crippen LogP contribution in [0.5, 0.6) is 0 Å². The van der Waals surface area contributed by atoms with Crippen molar-refractivity contribution < 1.29 is 4.79 Å². The summed E-state index contributed by atoms with van der Waals surface area (Å²) in [7, 11) is 2.03. The topological polar surface area (TPSA) is 50.2 Å². The predicted octanol–water partition coefficient (Wildman–Crippen LogP) is 3.54. The molecule has 2 aliphatic heterocycles. The molecule has 146 valence electrons. The number of carbonyl (C=O) groups is 1. The van der Waals surface area contributed by atoms with Crippen molar-refractivity contribution in [2.45, 2.75) is 64.5 Å². The lowest BCUT2D eigenvalue weighted by Crippen LogP contribution is -2.48. The SMILES string of the molecule is Cc1nc2cc(CNC(=O)CC[C@@H]3CCCN4CCCC[C@H]34)ccc2n1C. The van der Waals surface area contributed by atoms with Crippen LogP contribution in [0.4, 0.5) is 0 Å². The maximum atomic E-state index is 12.4. The average molecular weight is 369 g/mol. The highest BCUT2D eigenvalue weighted by Gasteiger charge is 2.32. The van der Waals surface area contributed by atoms with Gasteiger partial charge in [-0.1, -0.05) is 12.5 Å². The minimum absolute atomic E-state index is 0.181. The molecule has 1 amide bonds. The predicted molar refractivity (Wildman–Crippen MR) is 108 cm³/mol. The second kappa shape index (κ2) is 8.01. The summed E-state index contributed by atoms with van der Waals surface area (Å²) in [5, 5.41) is 3.11. The minimum atomic E-state index is 0.181. The zero-order chi connectivity index (χ0) is 18.8. The van der Waals surface area contributed by atoms with Gasteiger partial charge in [-0.2, -0.15) is 0 Å². The van der Waals surface area contributed by atoms with Crippen molar-refractivity contribution >= 4 is 16.9 Å². The van der Waals surface area contributed by atoms with Gasteiger partial charge in [-0.3, -0.25) is 4.79 Å². The first-order chi connectivity index (χ1) is 13.1. The van der Waals surface area contributed by atoms with Gasteiger partial charge in [0.05, 0.1) is 11.0 Å². The van der Waals surface area contributed by atoms with Crippen LogP contribution in [0, 0.1) is 12.8 Å². The number of rotatable bonds is 5. The van der Waals surface area contributed by atoms with Crippen molar-refractivity contribution in [2.75, 3.05) is 13.1 Å². The van der Waals surface area contributed by atoms with E-state index in [2.05, 4.69) is 38.0 Å². The Morgan fingerprint density at radius 3 is 2.96 bits per heavy atom. The lowest BCUT2D eigenvalue weighted by atomic mass is 9.81. The number of carbonyl (C=O) groups excluding carboxylic acids is 1. The van der Waals surface area contributed by atoms with Gasteiger partial charge in [0.2, 0.25) is 5.91 Å². The van der Waals surface area contributed by atoms with Crippen LogP contribution in [0.25, 0.3) is 11.0 Å². The van der Waals surface area contributed by atoms with Crippen molar-refractivity contribution in [3.8, 4) is 0 Å². The summed E-state index contributed by atoms with van der Waals surface area (Å²) < 4.78 is 2.09. The van der Waals surface area contributed by atoms with Gasteiger partial charge in [-0.15, -0.1) is 0 Å². The maximum absolute atomic E-state index is 12.4. The summed E-state index contributed by atoms with van der Waals surface area (Å²) in [5.41, 5.74) is 3.25. The van der Waals surface area contributed by atoms with Gasteiger partial charge in [-0.05, 0) is 75.7 Å². The number of benzene rings is 1. The van der Waals surface area contributed by atoms with Crippen LogP contribution in [0.1, 0.15) is 56.3 Å². The smallest absolute Gasteiger partial charge is 0.220 e. The number of amides is 1. The Morgan fingerprint density at radius 1 is 1.22 bits per heavy atom. The van der Waals surface area contributed by atoms with Gasteiger partial charge in [0.25, 0.3) is 0 Å². The zero-order valence-electron chi connectivity index (χ0n) is 16.7. The highest BCUT2D eigenvalue weighted by atomic mass is 16.1. The van der Waals surface area contributed by atoms with E-state index in [9.17, 15) is 4.79 Å². The second-order valence-electron chi connectivity index (χ2n) is 8.36. The fourth-order valence-corrected chi connectivity index (χ4v) is 5.00. The van der Waals surface area contributed by atoms with Gasteiger partial charge < -0.3 is 14.8 Å². The first kappa shape index (κ1) is 18.5. The van der Waals surface area contributed by atoms with Crippen molar-refractivity contribution in [1.29, 1.82) is 0 Å². The molecule has 0 spiro atoms. The molecule has 0 saturated carbocycles.